The van der Waals surface area contributed by atoms with Crippen molar-refractivity contribution in [2.75, 3.05) is 37.1 Å². The molecule has 168 valence electrons. The molecule has 3 aromatic rings. The van der Waals surface area contributed by atoms with Gasteiger partial charge in [-0.05, 0) is 53.9 Å². The van der Waals surface area contributed by atoms with Gasteiger partial charge in [0.1, 0.15) is 25.0 Å². The Labute approximate surface area is 195 Å². The number of carbonyl (C=O) groups excluding carboxylic acids is 2. The maximum Gasteiger partial charge on any atom is 0.300 e. The molecule has 8 heteroatoms. The summed E-state index contributed by atoms with van der Waals surface area (Å²) in [6, 6.07) is 15.4. The lowest BCUT2D eigenvalue weighted by Crippen LogP contribution is -2.29. The fourth-order valence-electron chi connectivity index (χ4n) is 4.07. The van der Waals surface area contributed by atoms with Crippen molar-refractivity contribution in [1.82, 2.24) is 0 Å². The Bertz CT molecular complexity index is 1250. The van der Waals surface area contributed by atoms with E-state index in [2.05, 4.69) is 0 Å². The van der Waals surface area contributed by atoms with Gasteiger partial charge in [0.15, 0.2) is 11.5 Å². The number of fused-ring (bicyclic) bond motifs is 1. The first kappa shape index (κ1) is 21.1. The molecule has 5 rings (SSSR count). The van der Waals surface area contributed by atoms with E-state index in [1.165, 1.54) is 16.2 Å². The van der Waals surface area contributed by atoms with Crippen molar-refractivity contribution in [3.63, 3.8) is 0 Å². The molecule has 1 aromatic heterocycles. The number of aliphatic hydroxyl groups is 1. The van der Waals surface area contributed by atoms with Gasteiger partial charge in [0, 0.05) is 35.9 Å². The molecule has 7 nitrogen and oxygen atoms in total. The van der Waals surface area contributed by atoms with E-state index in [9.17, 15) is 14.7 Å². The number of thiophene rings is 1. The van der Waals surface area contributed by atoms with E-state index in [0.29, 0.717) is 36.0 Å². The first-order chi connectivity index (χ1) is 16.0. The average Bonchev–Trinajstić information content (AvgIpc) is 3.45. The number of hydrogen-bond acceptors (Lipinski definition) is 7. The molecule has 1 amide bonds. The number of nitrogens with zero attached hydrogens (tertiary/aromatic N) is 2. The van der Waals surface area contributed by atoms with Crippen LogP contribution in [-0.2, 0) is 9.59 Å². The summed E-state index contributed by atoms with van der Waals surface area (Å²) < 4.78 is 11.2. The molecule has 1 atom stereocenters. The Hall–Kier alpha value is -3.78. The summed E-state index contributed by atoms with van der Waals surface area (Å²) in [5, 5.41) is 13.1. The zero-order valence-electron chi connectivity index (χ0n) is 18.1. The molecule has 0 saturated carbocycles. The van der Waals surface area contributed by atoms with Gasteiger partial charge in [0.2, 0.25) is 0 Å². The van der Waals surface area contributed by atoms with Crippen molar-refractivity contribution in [2.24, 2.45) is 0 Å². The normalized spacial score (nSPS) is 19.1. The minimum absolute atomic E-state index is 0.0517. The fraction of sp³-hybridized carbons (Fsp3) is 0.200. The largest absolute Gasteiger partial charge is 0.507 e. The Kier molecular flexibility index (Phi) is 5.30. The van der Waals surface area contributed by atoms with Gasteiger partial charge in [0.25, 0.3) is 11.7 Å². The summed E-state index contributed by atoms with van der Waals surface area (Å²) >= 11 is 1.43. The Balaban J connectivity index is 1.63. The number of amides is 1. The molecule has 1 N–H and O–H groups in total. The summed E-state index contributed by atoms with van der Waals surface area (Å²) in [4.78, 5) is 30.6. The smallest absolute Gasteiger partial charge is 0.300 e. The van der Waals surface area contributed by atoms with Crippen molar-refractivity contribution in [3.05, 3.63) is 76.0 Å². The minimum Gasteiger partial charge on any atom is -0.507 e. The number of benzene rings is 2. The van der Waals surface area contributed by atoms with Crippen LogP contribution in [0.3, 0.4) is 0 Å². The van der Waals surface area contributed by atoms with Gasteiger partial charge in [-0.25, -0.2) is 0 Å². The quantitative estimate of drug-likeness (QED) is 0.356. The number of anilines is 2. The summed E-state index contributed by atoms with van der Waals surface area (Å²) in [6.07, 6.45) is 0. The number of rotatable bonds is 4. The van der Waals surface area contributed by atoms with E-state index in [0.717, 1.165) is 10.6 Å². The zero-order chi connectivity index (χ0) is 23.1. The first-order valence-corrected chi connectivity index (χ1v) is 11.4. The van der Waals surface area contributed by atoms with Gasteiger partial charge < -0.3 is 19.5 Å². The maximum atomic E-state index is 13.2. The Morgan fingerprint density at radius 3 is 2.42 bits per heavy atom. The van der Waals surface area contributed by atoms with Gasteiger partial charge in [0.05, 0.1) is 5.57 Å². The molecule has 1 saturated heterocycles. The molecule has 33 heavy (non-hydrogen) atoms. The summed E-state index contributed by atoms with van der Waals surface area (Å²) in [5.41, 5.74) is 2.00. The van der Waals surface area contributed by atoms with Crippen LogP contribution in [0.1, 0.15) is 16.5 Å². The lowest BCUT2D eigenvalue weighted by atomic mass is 9.99. The number of hydrogen-bond donors (Lipinski definition) is 1. The highest BCUT2D eigenvalue weighted by molar-refractivity contribution is 7.10. The van der Waals surface area contributed by atoms with Crippen molar-refractivity contribution < 1.29 is 24.2 Å². The summed E-state index contributed by atoms with van der Waals surface area (Å²) in [7, 11) is 3.86. The van der Waals surface area contributed by atoms with Crippen LogP contribution in [0.2, 0.25) is 0 Å². The fourth-order valence-corrected chi connectivity index (χ4v) is 4.90. The van der Waals surface area contributed by atoms with Gasteiger partial charge in [-0.1, -0.05) is 6.07 Å². The number of carbonyl (C=O) groups is 2. The molecular weight excluding hydrogens is 440 g/mol. The first-order valence-electron chi connectivity index (χ1n) is 10.5. The monoisotopic (exact) mass is 462 g/mol. The second-order valence-corrected chi connectivity index (χ2v) is 8.93. The van der Waals surface area contributed by atoms with Crippen LogP contribution in [0.5, 0.6) is 11.5 Å². The maximum absolute atomic E-state index is 13.2. The lowest BCUT2D eigenvalue weighted by molar-refractivity contribution is -0.132. The summed E-state index contributed by atoms with van der Waals surface area (Å²) in [5.74, 6) is -0.570. The van der Waals surface area contributed by atoms with E-state index >= 15 is 0 Å². The third-order valence-electron chi connectivity index (χ3n) is 5.72. The Morgan fingerprint density at radius 1 is 1.03 bits per heavy atom. The number of Topliss-reactive ketones (excluding diaryl/α,β-unsaturated/α-hetero) is 1. The van der Waals surface area contributed by atoms with Crippen molar-refractivity contribution >= 4 is 40.2 Å². The SMILES string of the molecule is CN(C)c1ccc(N2C(=O)C(=O)/C(=C(\O)c3ccc4c(c3)OCCO4)C2c2cccs2)cc1. The predicted octanol–water partition coefficient (Wildman–Crippen LogP) is 4.21. The average molecular weight is 463 g/mol. The van der Waals surface area contributed by atoms with Crippen molar-refractivity contribution in [3.8, 4) is 11.5 Å². The van der Waals surface area contributed by atoms with Crippen molar-refractivity contribution in [1.29, 1.82) is 0 Å². The highest BCUT2D eigenvalue weighted by Crippen LogP contribution is 2.44. The molecule has 2 aliphatic rings. The molecule has 0 bridgehead atoms. The Morgan fingerprint density at radius 2 is 1.76 bits per heavy atom. The molecule has 0 spiro atoms. The van der Waals surface area contributed by atoms with E-state index in [1.54, 1.807) is 18.2 Å². The van der Waals surface area contributed by atoms with Crippen LogP contribution in [0, 0.1) is 0 Å². The molecule has 0 aliphatic carbocycles. The minimum atomic E-state index is -0.733. The topological polar surface area (TPSA) is 79.3 Å². The summed E-state index contributed by atoms with van der Waals surface area (Å²) in [6.45, 7) is 0.855. The molecule has 0 radical (unpaired) electrons. The third kappa shape index (κ3) is 3.62. The van der Waals surface area contributed by atoms with Gasteiger partial charge in [-0.2, -0.15) is 0 Å². The lowest BCUT2D eigenvalue weighted by Gasteiger charge is -2.25. The van der Waals surface area contributed by atoms with Gasteiger partial charge in [-0.15, -0.1) is 11.3 Å². The predicted molar refractivity (Wildman–Crippen MR) is 127 cm³/mol. The van der Waals surface area contributed by atoms with Gasteiger partial charge >= 0.3 is 0 Å². The molecule has 2 aromatic carbocycles. The van der Waals surface area contributed by atoms with E-state index < -0.39 is 17.7 Å². The number of aliphatic hydroxyl groups excluding tert-OH is 1. The van der Waals surface area contributed by atoms with Crippen LogP contribution in [0.4, 0.5) is 11.4 Å². The number of ketones is 1. The molecule has 3 heterocycles. The molecule has 1 unspecified atom stereocenters. The highest BCUT2D eigenvalue weighted by Gasteiger charge is 2.47. The highest BCUT2D eigenvalue weighted by atomic mass is 32.1. The second kappa shape index (κ2) is 8.29. The van der Waals surface area contributed by atoms with Crippen LogP contribution in [0.25, 0.3) is 5.76 Å². The third-order valence-corrected chi connectivity index (χ3v) is 6.64. The second-order valence-electron chi connectivity index (χ2n) is 7.95. The molecule has 1 fully saturated rings. The molecular formula is C25H22N2O5S. The molecule has 2 aliphatic heterocycles. The van der Waals surface area contributed by atoms with E-state index in [-0.39, 0.29) is 11.3 Å². The van der Waals surface area contributed by atoms with Crippen LogP contribution >= 0.6 is 11.3 Å². The van der Waals surface area contributed by atoms with Crippen LogP contribution in [0.15, 0.2) is 65.6 Å². The zero-order valence-corrected chi connectivity index (χ0v) is 19.0. The van der Waals surface area contributed by atoms with E-state index in [1.807, 2.05) is 60.8 Å². The van der Waals surface area contributed by atoms with Gasteiger partial charge in [-0.3, -0.25) is 14.5 Å². The van der Waals surface area contributed by atoms with Crippen LogP contribution in [-0.4, -0.2) is 44.1 Å². The van der Waals surface area contributed by atoms with Crippen LogP contribution < -0.4 is 19.3 Å². The standard InChI is InChI=1S/C25H22N2O5S/c1-26(2)16-6-8-17(9-7-16)27-22(20-4-3-13-33-20)21(24(29)25(27)30)23(28)15-5-10-18-19(14-15)32-12-11-31-18/h3-10,13-14,22,28H,11-12H2,1-2H3/b23-21-. The van der Waals surface area contributed by atoms with Crippen molar-refractivity contribution in [2.45, 2.75) is 6.04 Å². The van der Waals surface area contributed by atoms with E-state index in [4.69, 9.17) is 9.47 Å². The number of ether oxygens (including phenoxy) is 2.